The second-order valence-electron chi connectivity index (χ2n) is 10.7. The van der Waals surface area contributed by atoms with Crippen molar-refractivity contribution in [1.82, 2.24) is 15.2 Å². The maximum Gasteiger partial charge on any atom is 0.305 e. The van der Waals surface area contributed by atoms with E-state index in [9.17, 15) is 14.7 Å². The molecule has 0 radical (unpaired) electrons. The Morgan fingerprint density at radius 2 is 1.87 bits per heavy atom. The van der Waals surface area contributed by atoms with Crippen LogP contribution in [0.25, 0.3) is 10.2 Å². The summed E-state index contributed by atoms with van der Waals surface area (Å²) in [7, 11) is 0. The first-order valence-corrected chi connectivity index (χ1v) is 15.2. The predicted octanol–water partition coefficient (Wildman–Crippen LogP) is 6.09. The number of phenols is 1. The van der Waals surface area contributed by atoms with Gasteiger partial charge < -0.3 is 20.3 Å². The minimum atomic E-state index is -0.134. The highest BCUT2D eigenvalue weighted by molar-refractivity contribution is 7.16. The molecule has 0 bridgehead atoms. The van der Waals surface area contributed by atoms with Crippen LogP contribution in [0.2, 0.25) is 0 Å². The van der Waals surface area contributed by atoms with Gasteiger partial charge in [-0.05, 0) is 69.2 Å². The Bertz CT molecular complexity index is 1230. The molecule has 0 atom stereocenters. The van der Waals surface area contributed by atoms with E-state index < -0.39 is 0 Å². The smallest absolute Gasteiger partial charge is 0.305 e. The van der Waals surface area contributed by atoms with Crippen LogP contribution in [0.5, 0.6) is 5.75 Å². The van der Waals surface area contributed by atoms with Gasteiger partial charge in [0.05, 0.1) is 4.70 Å². The number of H-pyrrole nitrogens is 1. The number of nitrogens with one attached hydrogen (secondary N) is 2. The SMILES string of the molecule is Cc1cccc(CCNCCC(=O)N(CCCCCc2ccc(O)c3[nH]c(=O)sc23)C2CCCCCC2)c1. The third-order valence-electron chi connectivity index (χ3n) is 7.76. The first kappa shape index (κ1) is 28.4. The van der Waals surface area contributed by atoms with Gasteiger partial charge in [-0.3, -0.25) is 9.59 Å². The molecule has 1 heterocycles. The van der Waals surface area contributed by atoms with E-state index in [4.69, 9.17) is 0 Å². The van der Waals surface area contributed by atoms with Crippen molar-refractivity contribution >= 4 is 27.5 Å². The van der Waals surface area contributed by atoms with E-state index in [1.54, 1.807) is 6.07 Å². The average molecular weight is 538 g/mol. The number of aromatic hydroxyl groups is 1. The Balaban J connectivity index is 1.24. The summed E-state index contributed by atoms with van der Waals surface area (Å²) in [5.74, 6) is 0.418. The number of phenolic OH excluding ortho intramolecular Hbond substituents is 1. The van der Waals surface area contributed by atoms with Crippen LogP contribution in [0.4, 0.5) is 0 Å². The molecule has 1 aromatic heterocycles. The van der Waals surface area contributed by atoms with Gasteiger partial charge in [-0.1, -0.05) is 79.3 Å². The molecule has 6 nitrogen and oxygen atoms in total. The van der Waals surface area contributed by atoms with Crippen molar-refractivity contribution in [3.8, 4) is 5.75 Å². The van der Waals surface area contributed by atoms with Gasteiger partial charge >= 0.3 is 4.87 Å². The second kappa shape index (κ2) is 14.5. The summed E-state index contributed by atoms with van der Waals surface area (Å²) in [6.07, 6.45) is 12.7. The maximum atomic E-state index is 13.3. The first-order chi connectivity index (χ1) is 18.5. The van der Waals surface area contributed by atoms with E-state index in [0.717, 1.165) is 74.8 Å². The molecule has 1 fully saturated rings. The molecule has 38 heavy (non-hydrogen) atoms. The molecule has 1 amide bonds. The number of carbonyl (C=O) groups is 1. The lowest BCUT2D eigenvalue weighted by Gasteiger charge is -2.31. The monoisotopic (exact) mass is 537 g/mol. The van der Waals surface area contributed by atoms with Crippen LogP contribution in [-0.4, -0.2) is 46.6 Å². The van der Waals surface area contributed by atoms with E-state index in [-0.39, 0.29) is 16.5 Å². The van der Waals surface area contributed by atoms with Crippen LogP contribution in [0.1, 0.15) is 80.9 Å². The molecule has 1 aliphatic carbocycles. The Morgan fingerprint density at radius 1 is 1.05 bits per heavy atom. The van der Waals surface area contributed by atoms with Gasteiger partial charge in [-0.2, -0.15) is 0 Å². The molecule has 2 aromatic carbocycles. The summed E-state index contributed by atoms with van der Waals surface area (Å²) in [6.45, 7) is 4.57. The van der Waals surface area contributed by atoms with Crippen LogP contribution < -0.4 is 10.2 Å². The quantitative estimate of drug-likeness (QED) is 0.182. The van der Waals surface area contributed by atoms with Gasteiger partial charge in [-0.15, -0.1) is 0 Å². The molecule has 0 aliphatic heterocycles. The van der Waals surface area contributed by atoms with Gasteiger partial charge in [0.15, 0.2) is 0 Å². The van der Waals surface area contributed by atoms with E-state index in [1.165, 1.54) is 48.1 Å². The number of rotatable bonds is 13. The maximum absolute atomic E-state index is 13.3. The number of aromatic nitrogens is 1. The fourth-order valence-electron chi connectivity index (χ4n) is 5.69. The first-order valence-electron chi connectivity index (χ1n) is 14.4. The highest BCUT2D eigenvalue weighted by Gasteiger charge is 2.24. The zero-order chi connectivity index (χ0) is 26.7. The topological polar surface area (TPSA) is 85.4 Å². The zero-order valence-electron chi connectivity index (χ0n) is 22.8. The van der Waals surface area contributed by atoms with Crippen molar-refractivity contribution in [2.24, 2.45) is 0 Å². The Morgan fingerprint density at radius 3 is 2.66 bits per heavy atom. The molecule has 3 N–H and O–H groups in total. The highest BCUT2D eigenvalue weighted by Crippen LogP contribution is 2.29. The molecule has 1 aliphatic rings. The lowest BCUT2D eigenvalue weighted by molar-refractivity contribution is -0.133. The van der Waals surface area contributed by atoms with Crippen molar-refractivity contribution in [2.45, 2.75) is 90.0 Å². The Labute approximate surface area is 230 Å². The lowest BCUT2D eigenvalue weighted by Crippen LogP contribution is -2.42. The number of unbranched alkanes of at least 4 members (excludes halogenated alkanes) is 2. The number of nitrogens with zero attached hydrogens (tertiary/aromatic N) is 1. The summed E-state index contributed by atoms with van der Waals surface area (Å²) < 4.78 is 0.861. The third kappa shape index (κ3) is 8.18. The van der Waals surface area contributed by atoms with E-state index >= 15 is 0 Å². The highest BCUT2D eigenvalue weighted by atomic mass is 32.1. The van der Waals surface area contributed by atoms with Crippen molar-refractivity contribution in [3.63, 3.8) is 0 Å². The molecule has 7 heteroatoms. The van der Waals surface area contributed by atoms with E-state index in [2.05, 4.69) is 46.4 Å². The summed E-state index contributed by atoms with van der Waals surface area (Å²) in [5.41, 5.74) is 4.28. The molecule has 206 valence electrons. The number of hydrogen-bond acceptors (Lipinski definition) is 5. The normalized spacial score (nSPS) is 14.6. The average Bonchev–Trinajstić information content (AvgIpc) is 3.11. The van der Waals surface area contributed by atoms with Crippen molar-refractivity contribution in [3.05, 3.63) is 62.8 Å². The van der Waals surface area contributed by atoms with Crippen molar-refractivity contribution in [1.29, 1.82) is 0 Å². The van der Waals surface area contributed by atoms with Gasteiger partial charge in [0, 0.05) is 25.6 Å². The largest absolute Gasteiger partial charge is 0.506 e. The molecule has 1 saturated carbocycles. The summed E-state index contributed by atoms with van der Waals surface area (Å²) >= 11 is 1.17. The van der Waals surface area contributed by atoms with Crippen molar-refractivity contribution in [2.75, 3.05) is 19.6 Å². The predicted molar refractivity (Wildman–Crippen MR) is 157 cm³/mol. The van der Waals surface area contributed by atoms with Gasteiger partial charge in [0.1, 0.15) is 11.3 Å². The number of benzene rings is 2. The van der Waals surface area contributed by atoms with Crippen LogP contribution in [0, 0.1) is 6.92 Å². The number of thiazole rings is 1. The summed E-state index contributed by atoms with van der Waals surface area (Å²) in [6, 6.07) is 12.6. The number of amides is 1. The minimum Gasteiger partial charge on any atom is -0.506 e. The number of aromatic amines is 1. The van der Waals surface area contributed by atoms with Gasteiger partial charge in [-0.25, -0.2) is 0 Å². The zero-order valence-corrected chi connectivity index (χ0v) is 23.6. The van der Waals surface area contributed by atoms with Gasteiger partial charge in [0.2, 0.25) is 5.91 Å². The molecule has 0 spiro atoms. The molecule has 0 saturated heterocycles. The van der Waals surface area contributed by atoms with Crippen LogP contribution >= 0.6 is 11.3 Å². The third-order valence-corrected chi connectivity index (χ3v) is 8.72. The summed E-state index contributed by atoms with van der Waals surface area (Å²) in [4.78, 5) is 29.9. The van der Waals surface area contributed by atoms with Crippen LogP contribution in [0.3, 0.4) is 0 Å². The molecular formula is C31H43N3O3S. The summed E-state index contributed by atoms with van der Waals surface area (Å²) in [5, 5.41) is 13.5. The Kier molecular flexibility index (Phi) is 10.8. The number of fused-ring (bicyclic) bond motifs is 1. The van der Waals surface area contributed by atoms with Crippen LogP contribution in [0.15, 0.2) is 41.2 Å². The number of carbonyl (C=O) groups excluding carboxylic acids is 1. The number of hydrogen-bond donors (Lipinski definition) is 3. The second-order valence-corrected chi connectivity index (χ2v) is 11.7. The van der Waals surface area contributed by atoms with E-state index in [0.29, 0.717) is 18.0 Å². The van der Waals surface area contributed by atoms with Gasteiger partial charge in [0.25, 0.3) is 0 Å². The number of aryl methyl sites for hydroxylation is 2. The molecule has 3 aromatic rings. The standard InChI is InChI=1S/C31H43N3O3S/c1-23-10-9-11-24(22-23)17-19-32-20-18-28(36)34(26-13-6-2-3-7-14-26)21-8-4-5-12-25-15-16-27(35)29-30(25)38-31(37)33-29/h9-11,15-16,22,26,32,35H,2-8,12-14,17-21H2,1H3,(H,33,37). The minimum absolute atomic E-state index is 0.129. The Hall–Kier alpha value is -2.64. The fourth-order valence-corrected chi connectivity index (χ4v) is 6.59. The van der Waals surface area contributed by atoms with Crippen LogP contribution in [-0.2, 0) is 17.6 Å². The van der Waals surface area contributed by atoms with Crippen molar-refractivity contribution < 1.29 is 9.90 Å². The fraction of sp³-hybridized carbons (Fsp3) is 0.548. The molecular weight excluding hydrogens is 494 g/mol. The molecule has 4 rings (SSSR count). The van der Waals surface area contributed by atoms with E-state index in [1.807, 2.05) is 6.07 Å². The lowest BCUT2D eigenvalue weighted by atomic mass is 10.0. The molecule has 0 unspecified atom stereocenters.